The molecule has 1 heterocycles. The average molecular weight is 254 g/mol. The maximum Gasteiger partial charge on any atom is 0.243 e. The second-order valence-corrected chi connectivity index (χ2v) is 3.73. The van der Waals surface area contributed by atoms with E-state index in [1.165, 1.54) is 6.92 Å². The summed E-state index contributed by atoms with van der Waals surface area (Å²) in [7, 11) is 3.63. The second kappa shape index (κ2) is 6.55. The van der Waals surface area contributed by atoms with E-state index in [0.29, 0.717) is 25.0 Å². The number of hydrogen-bond acceptors (Lipinski definition) is 8. The minimum absolute atomic E-state index is 0.0780. The Balaban J connectivity index is 2.63. The van der Waals surface area contributed by atoms with Crippen LogP contribution in [0, 0.1) is 0 Å². The van der Waals surface area contributed by atoms with Gasteiger partial charge in [0.25, 0.3) is 0 Å². The van der Waals surface area contributed by atoms with Crippen molar-refractivity contribution >= 4 is 23.8 Å². The molecule has 1 aromatic rings. The van der Waals surface area contributed by atoms with Crippen molar-refractivity contribution < 1.29 is 4.79 Å². The molecule has 0 aliphatic rings. The number of aromatic nitrogens is 3. The molecular weight excluding hydrogens is 236 g/mol. The Kier molecular flexibility index (Phi) is 5.06. The quantitative estimate of drug-likeness (QED) is 0.283. The third kappa shape index (κ3) is 4.37. The predicted octanol–water partition coefficient (Wildman–Crippen LogP) is -1.23. The van der Waals surface area contributed by atoms with Crippen LogP contribution in [-0.4, -0.2) is 48.0 Å². The molecule has 0 bridgehead atoms. The molecule has 9 heteroatoms. The van der Waals surface area contributed by atoms with Crippen LogP contribution in [0.2, 0.25) is 0 Å². The summed E-state index contributed by atoms with van der Waals surface area (Å²) in [4.78, 5) is 24.7. The number of amides is 1. The van der Waals surface area contributed by atoms with E-state index in [-0.39, 0.29) is 11.9 Å². The molecule has 1 rings (SSSR count). The zero-order chi connectivity index (χ0) is 13.5. The summed E-state index contributed by atoms with van der Waals surface area (Å²) < 4.78 is 0. The molecule has 5 N–H and O–H groups in total. The van der Waals surface area contributed by atoms with E-state index in [1.807, 2.05) is 14.1 Å². The number of nitrogen functional groups attached to an aromatic ring is 1. The number of hydrogen-bond donors (Lipinski definition) is 4. The summed E-state index contributed by atoms with van der Waals surface area (Å²) in [6.45, 7) is 2.47. The smallest absolute Gasteiger partial charge is 0.243 e. The number of nitrogens with one attached hydrogen (secondary N) is 3. The zero-order valence-electron chi connectivity index (χ0n) is 10.7. The lowest BCUT2D eigenvalue weighted by molar-refractivity contribution is -0.118. The maximum atomic E-state index is 10.7. The van der Waals surface area contributed by atoms with Crippen molar-refractivity contribution in [2.24, 2.45) is 5.84 Å². The SMILES string of the molecule is CC(=O)NCCNc1nc(NN)nc(N(C)C)n1. The minimum Gasteiger partial charge on any atom is -0.355 e. The van der Waals surface area contributed by atoms with Crippen LogP contribution in [0.4, 0.5) is 17.8 Å². The molecule has 9 nitrogen and oxygen atoms in total. The number of nitrogens with zero attached hydrogens (tertiary/aromatic N) is 4. The summed E-state index contributed by atoms with van der Waals surface area (Å²) in [6, 6.07) is 0. The Morgan fingerprint density at radius 2 is 1.89 bits per heavy atom. The van der Waals surface area contributed by atoms with Crippen molar-refractivity contribution in [2.75, 3.05) is 42.8 Å². The van der Waals surface area contributed by atoms with Crippen LogP contribution >= 0.6 is 0 Å². The highest BCUT2D eigenvalue weighted by Gasteiger charge is 2.06. The first-order valence-electron chi connectivity index (χ1n) is 5.41. The van der Waals surface area contributed by atoms with Gasteiger partial charge in [-0.2, -0.15) is 15.0 Å². The van der Waals surface area contributed by atoms with Gasteiger partial charge in [-0.05, 0) is 0 Å². The van der Waals surface area contributed by atoms with Crippen molar-refractivity contribution in [3.05, 3.63) is 0 Å². The molecule has 18 heavy (non-hydrogen) atoms. The van der Waals surface area contributed by atoms with Crippen LogP contribution in [-0.2, 0) is 4.79 Å². The highest BCUT2D eigenvalue weighted by Crippen LogP contribution is 2.09. The van der Waals surface area contributed by atoms with E-state index >= 15 is 0 Å². The zero-order valence-corrected chi connectivity index (χ0v) is 10.7. The monoisotopic (exact) mass is 254 g/mol. The fourth-order valence-electron chi connectivity index (χ4n) is 1.12. The molecule has 0 saturated carbocycles. The van der Waals surface area contributed by atoms with E-state index in [4.69, 9.17) is 5.84 Å². The number of carbonyl (C=O) groups excluding carboxylic acids is 1. The van der Waals surface area contributed by atoms with Gasteiger partial charge in [0.2, 0.25) is 23.8 Å². The van der Waals surface area contributed by atoms with Crippen molar-refractivity contribution in [1.29, 1.82) is 0 Å². The molecule has 0 unspecified atom stereocenters. The van der Waals surface area contributed by atoms with Crippen LogP contribution in [0.25, 0.3) is 0 Å². The fraction of sp³-hybridized carbons (Fsp3) is 0.556. The van der Waals surface area contributed by atoms with Crippen molar-refractivity contribution in [1.82, 2.24) is 20.3 Å². The number of hydrazine groups is 1. The van der Waals surface area contributed by atoms with Crippen molar-refractivity contribution in [3.8, 4) is 0 Å². The summed E-state index contributed by atoms with van der Waals surface area (Å²) in [5, 5.41) is 5.63. The highest BCUT2D eigenvalue weighted by molar-refractivity contribution is 5.72. The van der Waals surface area contributed by atoms with Crippen LogP contribution in [0.3, 0.4) is 0 Å². The van der Waals surface area contributed by atoms with Gasteiger partial charge in [0.05, 0.1) is 0 Å². The number of nitrogens with two attached hydrogens (primary N) is 1. The maximum absolute atomic E-state index is 10.7. The highest BCUT2D eigenvalue weighted by atomic mass is 16.1. The Hall–Kier alpha value is -2.16. The van der Waals surface area contributed by atoms with Gasteiger partial charge < -0.3 is 15.5 Å². The van der Waals surface area contributed by atoms with Gasteiger partial charge >= 0.3 is 0 Å². The molecular formula is C9H18N8O. The lowest BCUT2D eigenvalue weighted by Gasteiger charge is -2.13. The molecule has 0 saturated heterocycles. The Bertz CT molecular complexity index is 408. The summed E-state index contributed by atoms with van der Waals surface area (Å²) in [5.41, 5.74) is 2.37. The summed E-state index contributed by atoms with van der Waals surface area (Å²) in [5.74, 6) is 6.35. The number of rotatable bonds is 6. The standard InChI is InChI=1S/C9H18N8O/c1-6(18)11-4-5-12-7-13-8(16-10)15-9(14-7)17(2)3/h4-5,10H2,1-3H3,(H,11,18)(H2,12,13,14,15,16). The molecule has 0 aromatic carbocycles. The third-order valence-electron chi connectivity index (χ3n) is 1.93. The first kappa shape index (κ1) is 13.9. The molecule has 1 amide bonds. The number of carbonyl (C=O) groups is 1. The van der Waals surface area contributed by atoms with E-state index < -0.39 is 0 Å². The first-order chi connectivity index (χ1) is 8.52. The van der Waals surface area contributed by atoms with Crippen LogP contribution < -0.4 is 26.8 Å². The largest absolute Gasteiger partial charge is 0.355 e. The van der Waals surface area contributed by atoms with Crippen molar-refractivity contribution in [3.63, 3.8) is 0 Å². The second-order valence-electron chi connectivity index (χ2n) is 3.73. The average Bonchev–Trinajstić information content (AvgIpc) is 2.34. The van der Waals surface area contributed by atoms with Crippen molar-refractivity contribution in [2.45, 2.75) is 6.92 Å². The lowest BCUT2D eigenvalue weighted by Crippen LogP contribution is -2.27. The van der Waals surface area contributed by atoms with Gasteiger partial charge in [0.1, 0.15) is 0 Å². The topological polar surface area (TPSA) is 121 Å². The van der Waals surface area contributed by atoms with Gasteiger partial charge in [-0.1, -0.05) is 0 Å². The Morgan fingerprint density at radius 3 is 2.44 bits per heavy atom. The fourth-order valence-corrected chi connectivity index (χ4v) is 1.12. The van der Waals surface area contributed by atoms with E-state index in [9.17, 15) is 4.79 Å². The third-order valence-corrected chi connectivity index (χ3v) is 1.93. The molecule has 0 radical (unpaired) electrons. The van der Waals surface area contributed by atoms with Gasteiger partial charge in [0.15, 0.2) is 0 Å². The number of anilines is 3. The van der Waals surface area contributed by atoms with E-state index in [2.05, 4.69) is 31.0 Å². The van der Waals surface area contributed by atoms with Gasteiger partial charge in [-0.15, -0.1) is 0 Å². The molecule has 100 valence electrons. The normalized spacial score (nSPS) is 9.78. The van der Waals surface area contributed by atoms with Crippen LogP contribution in [0.1, 0.15) is 6.92 Å². The Labute approximate surface area is 105 Å². The molecule has 0 aliphatic carbocycles. The van der Waals surface area contributed by atoms with E-state index in [0.717, 1.165) is 0 Å². The van der Waals surface area contributed by atoms with Crippen LogP contribution in [0.5, 0.6) is 0 Å². The molecule has 0 fully saturated rings. The predicted molar refractivity (Wildman–Crippen MR) is 69.1 cm³/mol. The summed E-state index contributed by atoms with van der Waals surface area (Å²) in [6.07, 6.45) is 0. The Morgan fingerprint density at radius 1 is 1.22 bits per heavy atom. The molecule has 1 aromatic heterocycles. The molecule has 0 aliphatic heterocycles. The minimum atomic E-state index is -0.0780. The van der Waals surface area contributed by atoms with Gasteiger partial charge in [0, 0.05) is 34.1 Å². The van der Waals surface area contributed by atoms with Gasteiger partial charge in [-0.25, -0.2) is 5.84 Å². The van der Waals surface area contributed by atoms with E-state index in [1.54, 1.807) is 4.90 Å². The van der Waals surface area contributed by atoms with Crippen LogP contribution in [0.15, 0.2) is 0 Å². The van der Waals surface area contributed by atoms with Gasteiger partial charge in [-0.3, -0.25) is 10.2 Å². The summed E-state index contributed by atoms with van der Waals surface area (Å²) >= 11 is 0. The molecule has 0 atom stereocenters. The first-order valence-corrected chi connectivity index (χ1v) is 5.41. The lowest BCUT2D eigenvalue weighted by atomic mass is 10.6. The molecule has 0 spiro atoms.